The van der Waals surface area contributed by atoms with E-state index in [1.165, 1.54) is 37.1 Å². The summed E-state index contributed by atoms with van der Waals surface area (Å²) in [7, 11) is 0. The van der Waals surface area contributed by atoms with Crippen molar-refractivity contribution in [2.45, 2.75) is 118 Å². The molecule has 11 heteroatoms. The average molecular weight is 826 g/mol. The summed E-state index contributed by atoms with van der Waals surface area (Å²) in [6, 6.07) is 26.0. The third-order valence-corrected chi connectivity index (χ3v) is 8.88. The quantitative estimate of drug-likeness (QED) is 0.0408. The summed E-state index contributed by atoms with van der Waals surface area (Å²) in [6.45, 7) is 8.54. The van der Waals surface area contributed by atoms with Crippen molar-refractivity contribution < 1.29 is 56.7 Å². The second-order valence-electron chi connectivity index (χ2n) is 13.4. The van der Waals surface area contributed by atoms with Crippen LogP contribution >= 0.6 is 0 Å². The number of carbonyl (C=O) groups is 2. The Hall–Kier alpha value is -5.15. The maximum atomic E-state index is 11.4. The van der Waals surface area contributed by atoms with Crippen LogP contribution in [-0.4, -0.2) is 43.8 Å². The first-order valence-electron chi connectivity index (χ1n) is 19.7. The van der Waals surface area contributed by atoms with E-state index in [9.17, 15) is 19.8 Å². The summed E-state index contributed by atoms with van der Waals surface area (Å²) < 4.78 is 0. The molecule has 0 radical (unpaired) electrons. The molecule has 0 atom stereocenters. The number of unbranched alkanes of at least 4 members (excludes halogenated alkanes) is 6. The summed E-state index contributed by atoms with van der Waals surface area (Å²) in [6.07, 6.45) is 13.5. The maximum absolute atomic E-state index is 11.4. The number of phenols is 2. The first-order chi connectivity index (χ1) is 27.0. The Morgan fingerprint density at radius 1 is 0.509 bits per heavy atom. The predicted molar refractivity (Wildman–Crippen MR) is 222 cm³/mol. The van der Waals surface area contributed by atoms with Gasteiger partial charge in [0.15, 0.2) is 0 Å². The van der Waals surface area contributed by atoms with E-state index in [0.29, 0.717) is 24.0 Å². The fourth-order valence-corrected chi connectivity index (χ4v) is 5.78. The first kappa shape index (κ1) is 49.9. The van der Waals surface area contributed by atoms with Gasteiger partial charge in [0, 0.05) is 0 Å². The smallest absolute Gasteiger partial charge is 0.869 e. The molecule has 0 saturated carbocycles. The van der Waals surface area contributed by atoms with E-state index in [1.807, 2.05) is 50.2 Å². The number of nitrogens with zero attached hydrogens (tertiary/aromatic N) is 2. The molecule has 0 spiro atoms. The number of aryl methyl sites for hydroxylation is 2. The fourth-order valence-electron chi connectivity index (χ4n) is 5.78. The van der Waals surface area contributed by atoms with Gasteiger partial charge < -0.3 is 30.6 Å². The van der Waals surface area contributed by atoms with Crippen LogP contribution < -0.4 is 10.2 Å². The summed E-state index contributed by atoms with van der Waals surface area (Å²) >= 11 is 0. The minimum absolute atomic E-state index is 0. The van der Waals surface area contributed by atoms with Crippen LogP contribution in [0.25, 0.3) is 0 Å². The molecule has 0 unspecified atom stereocenters. The Morgan fingerprint density at radius 2 is 0.842 bits per heavy atom. The number of carboxylic acid groups (broad SMARTS) is 2. The Labute approximate surface area is 348 Å². The van der Waals surface area contributed by atoms with E-state index >= 15 is 0 Å². The molecule has 4 aromatic rings. The van der Waals surface area contributed by atoms with Gasteiger partial charge in [0.2, 0.25) is 0 Å². The normalized spacial score (nSPS) is 11.0. The van der Waals surface area contributed by atoms with Gasteiger partial charge in [-0.2, -0.15) is 0 Å². The van der Waals surface area contributed by atoms with E-state index in [-0.39, 0.29) is 27.6 Å². The molecule has 57 heavy (non-hydrogen) atoms. The van der Waals surface area contributed by atoms with Gasteiger partial charge in [0.25, 0.3) is 0 Å². The number of para-hydroxylation sites is 2. The Bertz CT molecular complexity index is 1710. The van der Waals surface area contributed by atoms with Crippen molar-refractivity contribution in [3.05, 3.63) is 107 Å². The van der Waals surface area contributed by atoms with Gasteiger partial charge in [0.05, 0.1) is 33.9 Å². The van der Waals surface area contributed by atoms with Crippen LogP contribution in [0.1, 0.15) is 137 Å². The molecule has 0 aromatic heterocycles. The standard InChI is InChI=1S/C22H28N2.2C12H16O4.Ni/c1-3-5-17-21(23-19-13-9-7-10-14-19)22(18-6-4-2)24-20-15-11-8-12-16-20;2*1-2-3-4-5-8-6-7-9(13)11(14)10(8)12(15)16;/h7-16H,3-6,17-18H2,1-2H3;2*6-7,13-14H,2-5H2,1H3,(H,15,16);/q;;;+2/p-2. The topological polar surface area (TPSA) is 186 Å². The van der Waals surface area contributed by atoms with E-state index in [4.69, 9.17) is 30.4 Å². The average Bonchev–Trinajstić information content (AvgIpc) is 3.19. The molecule has 0 aliphatic rings. The Morgan fingerprint density at radius 3 is 1.14 bits per heavy atom. The van der Waals surface area contributed by atoms with Crippen molar-refractivity contribution in [2.75, 3.05) is 0 Å². The van der Waals surface area contributed by atoms with Crippen LogP contribution in [0.3, 0.4) is 0 Å². The second kappa shape index (κ2) is 28.3. The number of rotatable bonds is 19. The SMILES string of the molecule is CCCCC(=Nc1ccccc1)C(CCCC)=Nc1ccccc1.CCCCCc1ccc(O)c([O-])c1C(=O)O.CCCCCc1ccc(O)c([O-])c1C(=O)O.[Ni+2]. The number of phenolic OH excluding ortho intramolecular Hbond substituents is 2. The maximum Gasteiger partial charge on any atom is 2.00 e. The van der Waals surface area contributed by atoms with Gasteiger partial charge in [-0.05, 0) is 98.9 Å². The number of hydrogen-bond donors (Lipinski definition) is 4. The van der Waals surface area contributed by atoms with Crippen molar-refractivity contribution in [2.24, 2.45) is 9.98 Å². The molecule has 0 fully saturated rings. The van der Waals surface area contributed by atoms with Crippen LogP contribution in [0.15, 0.2) is 94.9 Å². The number of aromatic hydroxyl groups is 2. The van der Waals surface area contributed by atoms with Crippen molar-refractivity contribution in [1.29, 1.82) is 0 Å². The molecular formula is C46H58N2NiO8. The minimum Gasteiger partial charge on any atom is -0.869 e. The van der Waals surface area contributed by atoms with Crippen LogP contribution in [0.2, 0.25) is 0 Å². The van der Waals surface area contributed by atoms with Crippen LogP contribution in [0.5, 0.6) is 23.0 Å². The number of aromatic carboxylic acids is 2. The number of hydrogen-bond acceptors (Lipinski definition) is 8. The number of carboxylic acids is 2. The molecule has 4 rings (SSSR count). The zero-order valence-corrected chi connectivity index (χ0v) is 34.6. The summed E-state index contributed by atoms with van der Waals surface area (Å²) in [4.78, 5) is 31.7. The number of aliphatic imine (C=N–C) groups is 2. The molecule has 0 saturated heterocycles. The van der Waals surface area contributed by atoms with Crippen molar-refractivity contribution >= 4 is 34.7 Å². The molecule has 0 bridgehead atoms. The van der Waals surface area contributed by atoms with Gasteiger partial charge in [-0.15, -0.1) is 0 Å². The van der Waals surface area contributed by atoms with E-state index in [1.54, 1.807) is 0 Å². The molecular weight excluding hydrogens is 767 g/mol. The molecule has 0 aliphatic heterocycles. The molecule has 4 N–H and O–H groups in total. The molecule has 0 aliphatic carbocycles. The summed E-state index contributed by atoms with van der Waals surface area (Å²) in [5, 5.41) is 59.0. The van der Waals surface area contributed by atoms with Gasteiger partial charge in [-0.3, -0.25) is 9.98 Å². The molecule has 0 amide bonds. The van der Waals surface area contributed by atoms with Gasteiger partial charge in [-0.25, -0.2) is 9.59 Å². The Kier molecular flexibility index (Phi) is 24.7. The van der Waals surface area contributed by atoms with Gasteiger partial charge in [-0.1, -0.05) is 126 Å². The first-order valence-corrected chi connectivity index (χ1v) is 19.7. The zero-order valence-electron chi connectivity index (χ0n) is 33.6. The van der Waals surface area contributed by atoms with Crippen molar-refractivity contribution in [3.63, 3.8) is 0 Å². The largest absolute Gasteiger partial charge is 2.00 e. The summed E-state index contributed by atoms with van der Waals surface area (Å²) in [5.74, 6) is -5.13. The second-order valence-corrected chi connectivity index (χ2v) is 13.4. The monoisotopic (exact) mass is 824 g/mol. The predicted octanol–water partition coefficient (Wildman–Crippen LogP) is 10.7. The Balaban J connectivity index is 0.000000438. The van der Waals surface area contributed by atoms with Crippen molar-refractivity contribution in [3.8, 4) is 23.0 Å². The molecule has 310 valence electrons. The van der Waals surface area contributed by atoms with Crippen molar-refractivity contribution in [1.82, 2.24) is 0 Å². The van der Waals surface area contributed by atoms with Crippen LogP contribution in [-0.2, 0) is 29.3 Å². The van der Waals surface area contributed by atoms with Crippen LogP contribution in [0.4, 0.5) is 11.4 Å². The van der Waals surface area contributed by atoms with E-state index in [2.05, 4.69) is 38.1 Å². The minimum atomic E-state index is -1.27. The van der Waals surface area contributed by atoms with Crippen LogP contribution in [0, 0.1) is 0 Å². The third-order valence-electron chi connectivity index (χ3n) is 8.88. The van der Waals surface area contributed by atoms with Gasteiger partial charge in [0.1, 0.15) is 11.5 Å². The number of benzene rings is 4. The molecule has 0 heterocycles. The molecule has 10 nitrogen and oxygen atoms in total. The van der Waals surface area contributed by atoms with Gasteiger partial charge >= 0.3 is 28.4 Å². The van der Waals surface area contributed by atoms with E-state index in [0.717, 1.165) is 87.0 Å². The fraction of sp³-hybridized carbons (Fsp3) is 0.391. The summed E-state index contributed by atoms with van der Waals surface area (Å²) in [5.41, 5.74) is 4.72. The molecule has 4 aromatic carbocycles. The zero-order chi connectivity index (χ0) is 41.3. The third kappa shape index (κ3) is 17.7. The van der Waals surface area contributed by atoms with E-state index < -0.39 is 34.9 Å².